The molecule has 0 saturated carbocycles. The monoisotopic (exact) mass is 283 g/mol. The predicted octanol–water partition coefficient (Wildman–Crippen LogP) is 3.60. The number of anilines is 2. The SMILES string of the molecule is [CH2]C(=O)Nc1ccc(NC(=O)C(C)(C)C)c2ccccc12. The molecule has 4 heteroatoms. The van der Waals surface area contributed by atoms with E-state index in [0.29, 0.717) is 5.69 Å². The standard InChI is InChI=1S/C17H19N2O2/c1-11(20)18-14-9-10-15(19-16(21)17(2,3)4)13-8-6-5-7-12(13)14/h5-10H,1H2,2-4H3,(H,18,20)(H,19,21). The summed E-state index contributed by atoms with van der Waals surface area (Å²) in [7, 11) is 0. The highest BCUT2D eigenvalue weighted by molar-refractivity contribution is 6.10. The van der Waals surface area contributed by atoms with E-state index < -0.39 is 5.41 Å². The molecule has 109 valence electrons. The molecule has 0 aliphatic carbocycles. The van der Waals surface area contributed by atoms with Gasteiger partial charge in [0.15, 0.2) is 0 Å². The molecule has 0 heterocycles. The average Bonchev–Trinajstić information content (AvgIpc) is 2.40. The van der Waals surface area contributed by atoms with Gasteiger partial charge in [-0.05, 0) is 12.1 Å². The Morgan fingerprint density at radius 1 is 0.905 bits per heavy atom. The lowest BCUT2D eigenvalue weighted by Crippen LogP contribution is -2.27. The molecule has 2 rings (SSSR count). The fourth-order valence-electron chi connectivity index (χ4n) is 1.98. The van der Waals surface area contributed by atoms with Crippen LogP contribution in [0.5, 0.6) is 0 Å². The zero-order valence-corrected chi connectivity index (χ0v) is 12.5. The molecule has 0 aliphatic heterocycles. The van der Waals surface area contributed by atoms with Gasteiger partial charge in [0.1, 0.15) is 0 Å². The first kappa shape index (κ1) is 15.0. The number of benzene rings is 2. The molecule has 1 radical (unpaired) electrons. The van der Waals surface area contributed by atoms with E-state index in [1.807, 2.05) is 45.0 Å². The van der Waals surface area contributed by atoms with Crippen molar-refractivity contribution in [1.29, 1.82) is 0 Å². The number of carbonyl (C=O) groups is 2. The van der Waals surface area contributed by atoms with Gasteiger partial charge in [-0.1, -0.05) is 45.0 Å². The first-order chi connectivity index (χ1) is 9.79. The maximum Gasteiger partial charge on any atom is 0.229 e. The smallest absolute Gasteiger partial charge is 0.229 e. The molecule has 0 spiro atoms. The number of hydrogen-bond acceptors (Lipinski definition) is 2. The topological polar surface area (TPSA) is 58.2 Å². The minimum atomic E-state index is -0.471. The Kier molecular flexibility index (Phi) is 3.98. The predicted molar refractivity (Wildman–Crippen MR) is 86.0 cm³/mol. The first-order valence-corrected chi connectivity index (χ1v) is 6.75. The zero-order chi connectivity index (χ0) is 15.6. The third-order valence-electron chi connectivity index (χ3n) is 3.13. The number of nitrogens with one attached hydrogen (secondary N) is 2. The third kappa shape index (κ3) is 3.40. The Labute approximate surface area is 124 Å². The number of hydrogen-bond donors (Lipinski definition) is 2. The van der Waals surface area contributed by atoms with Crippen LogP contribution in [0.4, 0.5) is 11.4 Å². The van der Waals surface area contributed by atoms with E-state index in [4.69, 9.17) is 0 Å². The van der Waals surface area contributed by atoms with Crippen molar-refractivity contribution in [2.75, 3.05) is 10.6 Å². The summed E-state index contributed by atoms with van der Waals surface area (Å²) in [6.45, 7) is 8.91. The van der Waals surface area contributed by atoms with E-state index >= 15 is 0 Å². The fourth-order valence-corrected chi connectivity index (χ4v) is 1.98. The summed E-state index contributed by atoms with van der Waals surface area (Å²) in [5.74, 6) is -0.423. The second kappa shape index (κ2) is 5.56. The van der Waals surface area contributed by atoms with Crippen molar-refractivity contribution >= 4 is 34.0 Å². The van der Waals surface area contributed by atoms with Crippen LogP contribution >= 0.6 is 0 Å². The maximum absolute atomic E-state index is 12.1. The minimum Gasteiger partial charge on any atom is -0.326 e. The molecule has 0 aliphatic rings. The van der Waals surface area contributed by atoms with Crippen LogP contribution in [0, 0.1) is 12.3 Å². The molecule has 0 saturated heterocycles. The van der Waals surface area contributed by atoms with Crippen molar-refractivity contribution in [2.24, 2.45) is 5.41 Å². The van der Waals surface area contributed by atoms with Gasteiger partial charge in [0, 0.05) is 34.5 Å². The highest BCUT2D eigenvalue weighted by Crippen LogP contribution is 2.31. The molecule has 0 unspecified atom stereocenters. The molecule has 2 N–H and O–H groups in total. The van der Waals surface area contributed by atoms with Crippen molar-refractivity contribution in [3.8, 4) is 0 Å². The Hall–Kier alpha value is -2.36. The van der Waals surface area contributed by atoms with Crippen molar-refractivity contribution in [2.45, 2.75) is 20.8 Å². The molecule has 2 amide bonds. The fraction of sp³-hybridized carbons (Fsp3) is 0.235. The van der Waals surface area contributed by atoms with Gasteiger partial charge in [-0.3, -0.25) is 9.59 Å². The molecular formula is C17H19N2O2. The van der Waals surface area contributed by atoms with Gasteiger partial charge in [0.2, 0.25) is 11.8 Å². The number of fused-ring (bicyclic) bond motifs is 1. The van der Waals surface area contributed by atoms with Crippen LogP contribution in [-0.4, -0.2) is 11.8 Å². The minimum absolute atomic E-state index is 0.0541. The lowest BCUT2D eigenvalue weighted by molar-refractivity contribution is -0.123. The molecule has 2 aromatic rings. The van der Waals surface area contributed by atoms with E-state index in [-0.39, 0.29) is 11.8 Å². The second-order valence-corrected chi connectivity index (χ2v) is 5.96. The first-order valence-electron chi connectivity index (χ1n) is 6.75. The van der Waals surface area contributed by atoms with Crippen LogP contribution in [0.2, 0.25) is 0 Å². The van der Waals surface area contributed by atoms with Gasteiger partial charge in [-0.15, -0.1) is 0 Å². The van der Waals surface area contributed by atoms with Crippen molar-refractivity contribution in [1.82, 2.24) is 0 Å². The van der Waals surface area contributed by atoms with Crippen molar-refractivity contribution in [3.05, 3.63) is 43.3 Å². The van der Waals surface area contributed by atoms with Crippen LogP contribution in [0.25, 0.3) is 10.8 Å². The molecule has 2 aromatic carbocycles. The van der Waals surface area contributed by atoms with Crippen LogP contribution < -0.4 is 10.6 Å². The summed E-state index contributed by atoms with van der Waals surface area (Å²) < 4.78 is 0. The van der Waals surface area contributed by atoms with E-state index in [1.54, 1.807) is 12.1 Å². The highest BCUT2D eigenvalue weighted by Gasteiger charge is 2.22. The van der Waals surface area contributed by atoms with Crippen molar-refractivity contribution in [3.63, 3.8) is 0 Å². The number of rotatable bonds is 2. The normalized spacial score (nSPS) is 11.2. The molecule has 0 aromatic heterocycles. The molecule has 21 heavy (non-hydrogen) atoms. The Balaban J connectivity index is 2.48. The molecule has 4 nitrogen and oxygen atoms in total. The lowest BCUT2D eigenvalue weighted by Gasteiger charge is -2.19. The summed E-state index contributed by atoms with van der Waals surface area (Å²) >= 11 is 0. The molecular weight excluding hydrogens is 264 g/mol. The lowest BCUT2D eigenvalue weighted by atomic mass is 9.95. The zero-order valence-electron chi connectivity index (χ0n) is 12.5. The summed E-state index contributed by atoms with van der Waals surface area (Å²) in [5, 5.41) is 7.37. The molecule has 0 bridgehead atoms. The average molecular weight is 283 g/mol. The third-order valence-corrected chi connectivity index (χ3v) is 3.13. The quantitative estimate of drug-likeness (QED) is 0.884. The second-order valence-electron chi connectivity index (χ2n) is 5.96. The van der Waals surface area contributed by atoms with Gasteiger partial charge < -0.3 is 10.6 Å². The molecule has 0 atom stereocenters. The Morgan fingerprint density at radius 3 is 1.81 bits per heavy atom. The summed E-state index contributed by atoms with van der Waals surface area (Å²) in [6, 6.07) is 11.1. The maximum atomic E-state index is 12.1. The number of amides is 2. The summed E-state index contributed by atoms with van der Waals surface area (Å²) in [4.78, 5) is 23.3. The van der Waals surface area contributed by atoms with E-state index in [2.05, 4.69) is 17.6 Å². The highest BCUT2D eigenvalue weighted by atomic mass is 16.2. The van der Waals surface area contributed by atoms with Gasteiger partial charge in [-0.2, -0.15) is 0 Å². The van der Waals surface area contributed by atoms with E-state index in [0.717, 1.165) is 16.5 Å². The van der Waals surface area contributed by atoms with Crippen LogP contribution in [0.15, 0.2) is 36.4 Å². The Morgan fingerprint density at radius 2 is 1.38 bits per heavy atom. The van der Waals surface area contributed by atoms with Gasteiger partial charge >= 0.3 is 0 Å². The summed E-state index contributed by atoms with van der Waals surface area (Å²) in [5.41, 5.74) is 0.938. The van der Waals surface area contributed by atoms with E-state index in [9.17, 15) is 9.59 Å². The Bertz CT molecular complexity index is 699. The largest absolute Gasteiger partial charge is 0.326 e. The van der Waals surface area contributed by atoms with Crippen LogP contribution in [0.1, 0.15) is 20.8 Å². The molecule has 0 fully saturated rings. The van der Waals surface area contributed by atoms with Crippen molar-refractivity contribution < 1.29 is 9.59 Å². The van der Waals surface area contributed by atoms with Crippen LogP contribution in [0.3, 0.4) is 0 Å². The van der Waals surface area contributed by atoms with Gasteiger partial charge in [0.05, 0.1) is 0 Å². The van der Waals surface area contributed by atoms with Crippen LogP contribution in [-0.2, 0) is 9.59 Å². The van der Waals surface area contributed by atoms with Gasteiger partial charge in [-0.25, -0.2) is 0 Å². The number of carbonyl (C=O) groups excluding carboxylic acids is 2. The van der Waals surface area contributed by atoms with E-state index in [1.165, 1.54) is 0 Å². The van der Waals surface area contributed by atoms with Gasteiger partial charge in [0.25, 0.3) is 0 Å². The summed E-state index contributed by atoms with van der Waals surface area (Å²) in [6.07, 6.45) is 0.